The molecule has 0 spiro atoms. The van der Waals surface area contributed by atoms with Gasteiger partial charge in [-0.3, -0.25) is 0 Å². The molecule has 2 rings (SSSR count). The number of hydrogen-bond donors (Lipinski definition) is 1. The van der Waals surface area contributed by atoms with Gasteiger partial charge in [-0.05, 0) is 23.7 Å². The Morgan fingerprint density at radius 1 is 1.64 bits per heavy atom. The quantitative estimate of drug-likeness (QED) is 0.385. The molecule has 1 aromatic heterocycles. The third-order valence-electron chi connectivity index (χ3n) is 4.55. The van der Waals surface area contributed by atoms with Crippen LogP contribution in [0.25, 0.3) is 0 Å². The summed E-state index contributed by atoms with van der Waals surface area (Å²) in [5.41, 5.74) is 0. The third kappa shape index (κ3) is 3.78. The lowest BCUT2D eigenvalue weighted by molar-refractivity contribution is -0.392. The highest BCUT2D eigenvalue weighted by atomic mass is 32.1. The third-order valence-corrected chi connectivity index (χ3v) is 5.05. The van der Waals surface area contributed by atoms with Crippen LogP contribution in [0.1, 0.15) is 38.4 Å². The number of aromatic nitrogens is 2. The summed E-state index contributed by atoms with van der Waals surface area (Å²) < 4.78 is 2.30. The van der Waals surface area contributed by atoms with E-state index in [-0.39, 0.29) is 10.7 Å². The molecule has 2 heterocycles. The first kappa shape index (κ1) is 17.2. The van der Waals surface area contributed by atoms with E-state index in [0.717, 1.165) is 32.2 Å². The maximum absolute atomic E-state index is 11.1. The summed E-state index contributed by atoms with van der Waals surface area (Å²) in [5, 5.41) is 11.1. The van der Waals surface area contributed by atoms with Crippen molar-refractivity contribution in [1.82, 2.24) is 14.5 Å². The van der Waals surface area contributed by atoms with Crippen LogP contribution in [0.5, 0.6) is 0 Å². The molecule has 1 fully saturated rings. The van der Waals surface area contributed by atoms with Crippen LogP contribution in [0, 0.1) is 23.0 Å². The Morgan fingerprint density at radius 2 is 2.36 bits per heavy atom. The van der Waals surface area contributed by atoms with E-state index in [1.54, 1.807) is 11.5 Å². The van der Waals surface area contributed by atoms with Gasteiger partial charge in [-0.1, -0.05) is 25.6 Å². The number of rotatable bonds is 5. The fourth-order valence-corrected chi connectivity index (χ4v) is 3.69. The second-order valence-electron chi connectivity index (χ2n) is 5.79. The molecule has 6 nitrogen and oxygen atoms in total. The van der Waals surface area contributed by atoms with Crippen LogP contribution in [-0.2, 0) is 6.54 Å². The lowest BCUT2D eigenvalue weighted by Gasteiger charge is -2.39. The highest BCUT2D eigenvalue weighted by Gasteiger charge is 2.29. The predicted molar refractivity (Wildman–Crippen MR) is 93.3 cm³/mol. The van der Waals surface area contributed by atoms with Crippen LogP contribution < -0.4 is 0 Å². The minimum absolute atomic E-state index is 0.0559. The second-order valence-corrected chi connectivity index (χ2v) is 6.90. The zero-order valence-electron chi connectivity index (χ0n) is 12.9. The Labute approximate surface area is 141 Å². The normalized spacial score (nSPS) is 21.9. The number of thiol groups is 1. The first-order valence-electron chi connectivity index (χ1n) is 7.60. The van der Waals surface area contributed by atoms with Crippen LogP contribution in [-0.4, -0.2) is 36.3 Å². The SMILES string of the molecule is CCC1CCN(C(=S)S)C(CCn2c([N+](=O)[O-])cnc2C)C1. The van der Waals surface area contributed by atoms with Gasteiger partial charge >= 0.3 is 5.82 Å². The highest BCUT2D eigenvalue weighted by molar-refractivity contribution is 8.10. The first-order valence-corrected chi connectivity index (χ1v) is 8.45. The van der Waals surface area contributed by atoms with Gasteiger partial charge < -0.3 is 15.0 Å². The molecule has 122 valence electrons. The molecule has 1 aliphatic rings. The maximum Gasteiger partial charge on any atom is 0.342 e. The van der Waals surface area contributed by atoms with Gasteiger partial charge in [0.2, 0.25) is 0 Å². The number of piperidine rings is 1. The number of likely N-dealkylation sites (tertiary alicyclic amines) is 1. The standard InChI is InChI=1S/C14H22N4O2S2/c1-3-11-4-6-17(14(21)22)12(8-11)5-7-16-10(2)15-9-13(16)18(19)20/h9,11-12H,3-8H2,1-2H3,(H,21,22). The number of thiocarbonyl (C=S) groups is 1. The smallest absolute Gasteiger partial charge is 0.342 e. The molecule has 0 amide bonds. The molecule has 0 aliphatic carbocycles. The van der Waals surface area contributed by atoms with Crippen LogP contribution in [0.15, 0.2) is 6.20 Å². The molecular formula is C14H22N4O2S2. The molecular weight excluding hydrogens is 320 g/mol. The maximum atomic E-state index is 11.1. The summed E-state index contributed by atoms with van der Waals surface area (Å²) in [7, 11) is 0. The molecule has 0 saturated carbocycles. The van der Waals surface area contributed by atoms with E-state index in [4.69, 9.17) is 12.2 Å². The van der Waals surface area contributed by atoms with Gasteiger partial charge in [-0.15, -0.1) is 12.6 Å². The van der Waals surface area contributed by atoms with Crippen LogP contribution in [0.3, 0.4) is 0 Å². The van der Waals surface area contributed by atoms with Crippen molar-refractivity contribution in [3.63, 3.8) is 0 Å². The van der Waals surface area contributed by atoms with E-state index >= 15 is 0 Å². The van der Waals surface area contributed by atoms with Crippen molar-refractivity contribution >= 4 is 35.0 Å². The lowest BCUT2D eigenvalue weighted by atomic mass is 9.88. The summed E-state index contributed by atoms with van der Waals surface area (Å²) in [6.07, 6.45) is 5.51. The summed E-state index contributed by atoms with van der Waals surface area (Å²) in [6, 6.07) is 0.296. The first-order chi connectivity index (χ1) is 10.4. The monoisotopic (exact) mass is 342 g/mol. The summed E-state index contributed by atoms with van der Waals surface area (Å²) in [5.74, 6) is 1.43. The molecule has 22 heavy (non-hydrogen) atoms. The van der Waals surface area contributed by atoms with Crippen LogP contribution in [0.4, 0.5) is 5.82 Å². The minimum atomic E-state index is -0.378. The van der Waals surface area contributed by atoms with Gasteiger partial charge in [0.05, 0.1) is 6.54 Å². The van der Waals surface area contributed by atoms with Crippen molar-refractivity contribution in [1.29, 1.82) is 0 Å². The average molecular weight is 342 g/mol. The Morgan fingerprint density at radius 3 is 2.95 bits per heavy atom. The molecule has 1 saturated heterocycles. The molecule has 0 N–H and O–H groups in total. The largest absolute Gasteiger partial charge is 0.358 e. The van der Waals surface area contributed by atoms with Crippen molar-refractivity contribution in [3.8, 4) is 0 Å². The summed E-state index contributed by atoms with van der Waals surface area (Å²) >= 11 is 9.57. The number of nitrogens with zero attached hydrogens (tertiary/aromatic N) is 4. The van der Waals surface area contributed by atoms with Gasteiger partial charge in [0.15, 0.2) is 5.82 Å². The van der Waals surface area contributed by atoms with Crippen molar-refractivity contribution in [2.45, 2.75) is 52.1 Å². The Hall–Kier alpha value is -1.15. The molecule has 0 radical (unpaired) electrons. The van der Waals surface area contributed by atoms with Crippen molar-refractivity contribution in [2.75, 3.05) is 6.54 Å². The van der Waals surface area contributed by atoms with E-state index < -0.39 is 0 Å². The van der Waals surface area contributed by atoms with Gasteiger partial charge in [-0.2, -0.15) is 0 Å². The summed E-state index contributed by atoms with van der Waals surface area (Å²) in [6.45, 7) is 5.51. The van der Waals surface area contributed by atoms with Crippen LogP contribution >= 0.6 is 24.8 Å². The van der Waals surface area contributed by atoms with Gasteiger partial charge in [0.25, 0.3) is 0 Å². The van der Waals surface area contributed by atoms with E-state index in [1.807, 2.05) is 0 Å². The van der Waals surface area contributed by atoms with Gasteiger partial charge in [0.1, 0.15) is 10.5 Å². The second kappa shape index (κ2) is 7.41. The molecule has 2 unspecified atom stereocenters. The van der Waals surface area contributed by atoms with E-state index in [2.05, 4.69) is 29.4 Å². The Bertz CT molecular complexity index is 561. The van der Waals surface area contributed by atoms with Crippen LogP contribution in [0.2, 0.25) is 0 Å². The Balaban J connectivity index is 2.09. The van der Waals surface area contributed by atoms with Crippen molar-refractivity contribution in [2.24, 2.45) is 5.92 Å². The van der Waals surface area contributed by atoms with Gasteiger partial charge in [-0.25, -0.2) is 9.55 Å². The van der Waals surface area contributed by atoms with E-state index in [0.29, 0.717) is 28.6 Å². The van der Waals surface area contributed by atoms with Gasteiger partial charge in [0, 0.05) is 25.9 Å². The fourth-order valence-electron chi connectivity index (χ4n) is 3.19. The number of nitro groups is 1. The molecule has 0 aromatic carbocycles. The average Bonchev–Trinajstić information content (AvgIpc) is 2.85. The lowest BCUT2D eigenvalue weighted by Crippen LogP contribution is -2.44. The molecule has 1 aliphatic heterocycles. The fraction of sp³-hybridized carbons (Fsp3) is 0.714. The van der Waals surface area contributed by atoms with Crippen molar-refractivity contribution in [3.05, 3.63) is 22.1 Å². The zero-order chi connectivity index (χ0) is 16.3. The highest BCUT2D eigenvalue weighted by Crippen LogP contribution is 2.29. The number of hydrogen-bond acceptors (Lipinski definition) is 4. The van der Waals surface area contributed by atoms with E-state index in [9.17, 15) is 10.1 Å². The number of aryl methyl sites for hydroxylation is 1. The minimum Gasteiger partial charge on any atom is -0.358 e. The molecule has 8 heteroatoms. The van der Waals surface area contributed by atoms with E-state index in [1.165, 1.54) is 6.20 Å². The molecule has 1 aromatic rings. The van der Waals surface area contributed by atoms with Crippen molar-refractivity contribution < 1.29 is 4.92 Å². The zero-order valence-corrected chi connectivity index (χ0v) is 14.6. The molecule has 0 bridgehead atoms. The predicted octanol–water partition coefficient (Wildman–Crippen LogP) is 3.20. The Kier molecular flexibility index (Phi) is 5.80. The molecule has 2 atom stereocenters. The number of imidazole rings is 1. The topological polar surface area (TPSA) is 64.2 Å². The summed E-state index contributed by atoms with van der Waals surface area (Å²) in [4.78, 5) is 16.9.